The number of aromatic nitrogens is 2. The molecule has 1 aliphatic rings. The van der Waals surface area contributed by atoms with E-state index in [1.807, 2.05) is 0 Å². The summed E-state index contributed by atoms with van der Waals surface area (Å²) in [5.74, 6) is 0.110. The Bertz CT molecular complexity index is 1270. The molecular formula is C24H36ClN2O8PSi. The molecule has 1 saturated heterocycles. The Morgan fingerprint density at radius 3 is 2.46 bits per heavy atom. The molecule has 0 aliphatic carbocycles. The van der Waals surface area contributed by atoms with Crippen LogP contribution in [0, 0.1) is 6.92 Å². The van der Waals surface area contributed by atoms with E-state index in [-0.39, 0.29) is 28.4 Å². The van der Waals surface area contributed by atoms with Crippen molar-refractivity contribution in [3.05, 3.63) is 61.9 Å². The van der Waals surface area contributed by atoms with Crippen LogP contribution >= 0.6 is 19.2 Å². The first-order valence-electron chi connectivity index (χ1n) is 12.0. The Labute approximate surface area is 222 Å². The van der Waals surface area contributed by atoms with Gasteiger partial charge in [-0.3, -0.25) is 14.3 Å². The van der Waals surface area contributed by atoms with Crippen LogP contribution in [0.15, 0.2) is 40.1 Å². The van der Waals surface area contributed by atoms with E-state index in [4.69, 9.17) is 30.0 Å². The van der Waals surface area contributed by atoms with Gasteiger partial charge in [0, 0.05) is 18.9 Å². The number of para-hydroxylation sites is 1. The van der Waals surface area contributed by atoms with Crippen LogP contribution in [0.3, 0.4) is 0 Å². The number of hydrogen-bond donors (Lipinski definition) is 2. The summed E-state index contributed by atoms with van der Waals surface area (Å²) in [7, 11) is -4.98. The predicted octanol–water partition coefficient (Wildman–Crippen LogP) is 4.46. The number of ether oxygens (including phenoxy) is 2. The highest BCUT2D eigenvalue weighted by Gasteiger charge is 2.51. The summed E-state index contributed by atoms with van der Waals surface area (Å²) >= 11 is 6.09. The number of nitrogens with one attached hydrogen (secondary N) is 1. The molecule has 1 aliphatic heterocycles. The summed E-state index contributed by atoms with van der Waals surface area (Å²) in [5, 5.41) is 0.0824. The summed E-state index contributed by atoms with van der Waals surface area (Å²) in [5.41, 5.74) is -0.808. The number of aryl methyl sites for hydroxylation is 1. The third-order valence-corrected chi connectivity index (χ3v) is 13.1. The van der Waals surface area contributed by atoms with E-state index < -0.39 is 51.7 Å². The van der Waals surface area contributed by atoms with Gasteiger partial charge < -0.3 is 23.3 Å². The van der Waals surface area contributed by atoms with E-state index in [0.29, 0.717) is 5.56 Å². The number of halogens is 1. The minimum Gasteiger partial charge on any atom is -0.423 e. The molecule has 2 aromatic rings. The molecule has 0 bridgehead atoms. The summed E-state index contributed by atoms with van der Waals surface area (Å²) in [4.78, 5) is 37.5. The molecule has 0 spiro atoms. The van der Waals surface area contributed by atoms with Gasteiger partial charge >= 0.3 is 13.3 Å². The van der Waals surface area contributed by atoms with Gasteiger partial charge in [0.2, 0.25) is 0 Å². The van der Waals surface area contributed by atoms with Gasteiger partial charge in [-0.15, -0.1) is 0 Å². The molecule has 0 radical (unpaired) electrons. The van der Waals surface area contributed by atoms with Gasteiger partial charge in [0.05, 0.1) is 17.3 Å². The van der Waals surface area contributed by atoms with E-state index in [0.717, 1.165) is 0 Å². The molecule has 1 fully saturated rings. The van der Waals surface area contributed by atoms with Gasteiger partial charge in [0.1, 0.15) is 18.0 Å². The maximum Gasteiger partial charge on any atom is 0.376 e. The minimum atomic E-state index is -4.11. The zero-order chi connectivity index (χ0) is 27.8. The molecule has 5 atom stereocenters. The van der Waals surface area contributed by atoms with Crippen molar-refractivity contribution < 1.29 is 27.9 Å². The van der Waals surface area contributed by atoms with Crippen molar-refractivity contribution in [2.75, 3.05) is 13.3 Å². The highest BCUT2D eigenvalue weighted by molar-refractivity contribution is 7.53. The number of aromatic amines is 1. The van der Waals surface area contributed by atoms with Crippen LogP contribution < -0.4 is 15.8 Å². The van der Waals surface area contributed by atoms with Crippen molar-refractivity contribution >= 4 is 27.5 Å². The van der Waals surface area contributed by atoms with E-state index >= 15 is 0 Å². The van der Waals surface area contributed by atoms with Crippen molar-refractivity contribution in [1.29, 1.82) is 0 Å². The van der Waals surface area contributed by atoms with Crippen LogP contribution in [0.25, 0.3) is 0 Å². The summed E-state index contributed by atoms with van der Waals surface area (Å²) < 4.78 is 38.3. The van der Waals surface area contributed by atoms with Gasteiger partial charge in [-0.2, -0.15) is 0 Å². The fourth-order valence-electron chi connectivity index (χ4n) is 3.86. The normalized spacial score (nSPS) is 24.1. The minimum absolute atomic E-state index is 0.0883. The SMILES string of the molecule is CO[C@@H]1C(O[Si](C)(C)C(C)(C)C)[C@@H](CCP(=O)(O)Oc2ccccc2Cl)O[C@H]1n1cc(C)c(=O)[nH]c1=O. The molecule has 206 valence electrons. The molecule has 0 saturated carbocycles. The lowest BCUT2D eigenvalue weighted by atomic mass is 10.1. The third kappa shape index (κ3) is 6.84. The number of hydrogen-bond acceptors (Lipinski definition) is 7. The molecule has 0 amide bonds. The second kappa shape index (κ2) is 11.2. The third-order valence-electron chi connectivity index (χ3n) is 6.99. The molecule has 2 N–H and O–H groups in total. The van der Waals surface area contributed by atoms with Gasteiger partial charge in [-0.05, 0) is 43.6 Å². The Hall–Kier alpha value is -1.72. The molecular weight excluding hydrogens is 539 g/mol. The lowest BCUT2D eigenvalue weighted by Crippen LogP contribution is -2.50. The number of H-pyrrole nitrogens is 1. The molecule has 1 aromatic carbocycles. The molecule has 2 unspecified atom stereocenters. The lowest BCUT2D eigenvalue weighted by Gasteiger charge is -2.40. The summed E-state index contributed by atoms with van der Waals surface area (Å²) in [6, 6.07) is 6.43. The molecule has 2 heterocycles. The van der Waals surface area contributed by atoms with Crippen molar-refractivity contribution in [3.63, 3.8) is 0 Å². The van der Waals surface area contributed by atoms with Gasteiger partial charge in [-0.25, -0.2) is 9.36 Å². The van der Waals surface area contributed by atoms with Gasteiger partial charge in [0.15, 0.2) is 14.5 Å². The van der Waals surface area contributed by atoms with E-state index in [1.165, 1.54) is 23.9 Å². The Kier molecular flexibility index (Phi) is 9.01. The van der Waals surface area contributed by atoms with E-state index in [1.54, 1.807) is 25.1 Å². The number of nitrogens with zero attached hydrogens (tertiary/aromatic N) is 1. The first-order valence-corrected chi connectivity index (χ1v) is 17.1. The Morgan fingerprint density at radius 1 is 1.22 bits per heavy atom. The fraction of sp³-hybridized carbons (Fsp3) is 0.583. The monoisotopic (exact) mass is 574 g/mol. The second-order valence-electron chi connectivity index (χ2n) is 10.8. The van der Waals surface area contributed by atoms with Crippen LogP contribution in [-0.4, -0.2) is 54.3 Å². The highest BCUT2D eigenvalue weighted by atomic mass is 35.5. The Balaban J connectivity index is 1.92. The molecule has 3 rings (SSSR count). The zero-order valence-corrected chi connectivity index (χ0v) is 24.8. The predicted molar refractivity (Wildman–Crippen MR) is 144 cm³/mol. The average Bonchev–Trinajstić information content (AvgIpc) is 3.12. The van der Waals surface area contributed by atoms with Crippen LogP contribution in [0.4, 0.5) is 0 Å². The molecule has 1 aromatic heterocycles. The zero-order valence-electron chi connectivity index (χ0n) is 22.2. The lowest BCUT2D eigenvalue weighted by molar-refractivity contribution is -0.0540. The molecule has 10 nitrogen and oxygen atoms in total. The smallest absolute Gasteiger partial charge is 0.376 e. The fourth-order valence-corrected chi connectivity index (χ4v) is 6.54. The second-order valence-corrected chi connectivity index (χ2v) is 17.8. The summed E-state index contributed by atoms with van der Waals surface area (Å²) in [6.07, 6.45) is -1.72. The Morgan fingerprint density at radius 2 is 1.86 bits per heavy atom. The largest absolute Gasteiger partial charge is 0.423 e. The van der Waals surface area contributed by atoms with Crippen molar-refractivity contribution in [2.24, 2.45) is 0 Å². The molecule has 13 heteroatoms. The van der Waals surface area contributed by atoms with Gasteiger partial charge in [-0.1, -0.05) is 44.5 Å². The first-order chi connectivity index (χ1) is 17.1. The quantitative estimate of drug-likeness (QED) is 0.332. The maximum atomic E-state index is 12.9. The highest BCUT2D eigenvalue weighted by Crippen LogP contribution is 2.48. The van der Waals surface area contributed by atoms with Crippen LogP contribution in [-0.2, 0) is 18.5 Å². The van der Waals surface area contributed by atoms with Crippen molar-refractivity contribution in [3.8, 4) is 5.75 Å². The maximum absolute atomic E-state index is 12.9. The van der Waals surface area contributed by atoms with E-state index in [9.17, 15) is 19.0 Å². The first kappa shape index (κ1) is 29.8. The van der Waals surface area contributed by atoms with Crippen LogP contribution in [0.1, 0.15) is 39.0 Å². The number of rotatable bonds is 9. The van der Waals surface area contributed by atoms with Gasteiger partial charge in [0.25, 0.3) is 5.56 Å². The molecule has 37 heavy (non-hydrogen) atoms. The van der Waals surface area contributed by atoms with Crippen molar-refractivity contribution in [1.82, 2.24) is 9.55 Å². The van der Waals surface area contributed by atoms with Crippen LogP contribution in [0.2, 0.25) is 23.2 Å². The van der Waals surface area contributed by atoms with E-state index in [2.05, 4.69) is 38.8 Å². The number of methoxy groups -OCH3 is 1. The number of benzene rings is 1. The average molecular weight is 575 g/mol. The van der Waals surface area contributed by atoms with Crippen molar-refractivity contribution in [2.45, 2.75) is 76.8 Å². The van der Waals surface area contributed by atoms with Crippen LogP contribution in [0.5, 0.6) is 5.75 Å². The standard InChI is InChI=1S/C24H36ClN2O8PSi/c1-15-14-27(23(29)26-21(15)28)22-20(32-5)19(35-37(6,7)24(2,3)4)18(33-22)12-13-36(30,31)34-17-11-9-8-10-16(17)25/h8-11,14,18-20,22H,12-13H2,1-7H3,(H,30,31)(H,26,28,29)/t18-,19?,20-,22-/m1/s1. The topological polar surface area (TPSA) is 129 Å². The summed E-state index contributed by atoms with van der Waals surface area (Å²) in [6.45, 7) is 12.0.